The lowest BCUT2D eigenvalue weighted by Crippen LogP contribution is -2.50. The van der Waals surface area contributed by atoms with E-state index < -0.39 is 5.60 Å². The van der Waals surface area contributed by atoms with Crippen molar-refractivity contribution in [3.63, 3.8) is 0 Å². The van der Waals surface area contributed by atoms with Crippen LogP contribution in [0.25, 0.3) is 0 Å². The van der Waals surface area contributed by atoms with Crippen LogP contribution in [0.15, 0.2) is 11.4 Å². The molecule has 2 amide bonds. The van der Waals surface area contributed by atoms with Gasteiger partial charge in [0.1, 0.15) is 0 Å². The quantitative estimate of drug-likeness (QED) is 0.768. The molecule has 1 aliphatic heterocycles. The minimum atomic E-state index is -0.653. The van der Waals surface area contributed by atoms with Crippen molar-refractivity contribution in [1.82, 2.24) is 15.5 Å². The largest absolute Gasteiger partial charge is 0.388 e. The van der Waals surface area contributed by atoms with Crippen LogP contribution in [0.4, 0.5) is 4.79 Å². The fourth-order valence-electron chi connectivity index (χ4n) is 2.89. The topological polar surface area (TPSA) is 64.6 Å². The van der Waals surface area contributed by atoms with Gasteiger partial charge in [-0.3, -0.25) is 4.90 Å². The van der Waals surface area contributed by atoms with Gasteiger partial charge in [0, 0.05) is 37.6 Å². The van der Waals surface area contributed by atoms with Crippen LogP contribution in [-0.4, -0.2) is 47.8 Å². The maximum Gasteiger partial charge on any atom is 0.314 e. The first-order chi connectivity index (χ1) is 10.1. The van der Waals surface area contributed by atoms with Gasteiger partial charge in [0.05, 0.1) is 5.60 Å². The third kappa shape index (κ3) is 3.75. The number of thiophene rings is 1. The molecule has 21 heavy (non-hydrogen) atoms. The molecule has 0 aromatic carbocycles. The van der Waals surface area contributed by atoms with Gasteiger partial charge in [-0.15, -0.1) is 11.3 Å². The SMILES string of the molecule is O=C(NCCN1CCc2sccc2C1)NCC1(O)CCC1. The van der Waals surface area contributed by atoms with Crippen molar-refractivity contribution < 1.29 is 9.90 Å². The van der Waals surface area contributed by atoms with Crippen LogP contribution in [-0.2, 0) is 13.0 Å². The average Bonchev–Trinajstić information content (AvgIpc) is 2.90. The molecule has 1 fully saturated rings. The molecule has 0 bridgehead atoms. The number of fused-ring (bicyclic) bond motifs is 1. The lowest BCUT2D eigenvalue weighted by Gasteiger charge is -2.36. The minimum absolute atomic E-state index is 0.177. The molecule has 116 valence electrons. The van der Waals surface area contributed by atoms with Crippen molar-refractivity contribution in [2.75, 3.05) is 26.2 Å². The second kappa shape index (κ2) is 6.34. The Morgan fingerprint density at radius 3 is 3.05 bits per heavy atom. The van der Waals surface area contributed by atoms with Crippen molar-refractivity contribution in [2.45, 2.75) is 37.8 Å². The molecular formula is C15H23N3O2S. The van der Waals surface area contributed by atoms with Gasteiger partial charge in [-0.05, 0) is 42.7 Å². The highest BCUT2D eigenvalue weighted by molar-refractivity contribution is 7.10. The van der Waals surface area contributed by atoms with Gasteiger partial charge in [-0.2, -0.15) is 0 Å². The highest BCUT2D eigenvalue weighted by Crippen LogP contribution is 2.30. The Bertz CT molecular complexity index is 499. The van der Waals surface area contributed by atoms with Crippen LogP contribution < -0.4 is 10.6 Å². The van der Waals surface area contributed by atoms with Gasteiger partial charge in [0.15, 0.2) is 0 Å². The van der Waals surface area contributed by atoms with Gasteiger partial charge >= 0.3 is 6.03 Å². The normalized spacial score (nSPS) is 20.4. The lowest BCUT2D eigenvalue weighted by atomic mass is 9.80. The van der Waals surface area contributed by atoms with E-state index in [4.69, 9.17) is 0 Å². The number of rotatable bonds is 5. The van der Waals surface area contributed by atoms with Crippen LogP contribution in [0.2, 0.25) is 0 Å². The number of aliphatic hydroxyl groups is 1. The summed E-state index contributed by atoms with van der Waals surface area (Å²) in [7, 11) is 0. The molecule has 5 nitrogen and oxygen atoms in total. The van der Waals surface area contributed by atoms with Gasteiger partial charge in [0.2, 0.25) is 0 Å². The molecule has 3 rings (SSSR count). The molecule has 0 saturated heterocycles. The number of amides is 2. The van der Waals surface area contributed by atoms with E-state index in [1.165, 1.54) is 10.4 Å². The number of nitrogens with one attached hydrogen (secondary N) is 2. The summed E-state index contributed by atoms with van der Waals surface area (Å²) in [5.41, 5.74) is 0.780. The molecule has 1 aliphatic carbocycles. The number of nitrogens with zero attached hydrogens (tertiary/aromatic N) is 1. The van der Waals surface area contributed by atoms with Gasteiger partial charge in [-0.1, -0.05) is 0 Å². The third-order valence-electron chi connectivity index (χ3n) is 4.46. The highest BCUT2D eigenvalue weighted by atomic mass is 32.1. The number of hydrogen-bond acceptors (Lipinski definition) is 4. The van der Waals surface area contributed by atoms with Gasteiger partial charge < -0.3 is 15.7 Å². The summed E-state index contributed by atoms with van der Waals surface area (Å²) in [6, 6.07) is 2.02. The van der Waals surface area contributed by atoms with Crippen molar-refractivity contribution in [3.8, 4) is 0 Å². The maximum absolute atomic E-state index is 11.7. The molecule has 1 saturated carbocycles. The Balaban J connectivity index is 1.32. The first-order valence-corrected chi connectivity index (χ1v) is 8.54. The predicted octanol–water partition coefficient (Wildman–Crippen LogP) is 1.32. The molecule has 0 unspecified atom stereocenters. The first kappa shape index (κ1) is 14.8. The van der Waals surface area contributed by atoms with Crippen LogP contribution >= 0.6 is 11.3 Å². The van der Waals surface area contributed by atoms with Gasteiger partial charge in [-0.25, -0.2) is 4.79 Å². The van der Waals surface area contributed by atoms with E-state index in [2.05, 4.69) is 27.0 Å². The van der Waals surface area contributed by atoms with Crippen molar-refractivity contribution in [3.05, 3.63) is 21.9 Å². The van der Waals surface area contributed by atoms with Crippen LogP contribution in [0.3, 0.4) is 0 Å². The second-order valence-electron chi connectivity index (χ2n) is 6.08. The number of hydrogen-bond donors (Lipinski definition) is 3. The Morgan fingerprint density at radius 1 is 1.43 bits per heavy atom. The van der Waals surface area contributed by atoms with E-state index in [1.54, 1.807) is 0 Å². The standard InChI is InChI=1S/C15H23N3O2S/c19-14(17-11-15(20)4-1-5-15)16-6-8-18-7-2-13-12(10-18)3-9-21-13/h3,9,20H,1-2,4-8,10-11H2,(H2,16,17,19). The second-order valence-corrected chi connectivity index (χ2v) is 7.08. The third-order valence-corrected chi connectivity index (χ3v) is 5.49. The Labute approximate surface area is 129 Å². The highest BCUT2D eigenvalue weighted by Gasteiger charge is 2.34. The number of urea groups is 1. The molecule has 2 heterocycles. The Kier molecular flexibility index (Phi) is 4.47. The smallest absolute Gasteiger partial charge is 0.314 e. The number of carbonyl (C=O) groups excluding carboxylic acids is 1. The summed E-state index contributed by atoms with van der Waals surface area (Å²) < 4.78 is 0. The van der Waals surface area contributed by atoms with Gasteiger partial charge in [0.25, 0.3) is 0 Å². The van der Waals surface area contributed by atoms with Crippen molar-refractivity contribution in [2.24, 2.45) is 0 Å². The first-order valence-electron chi connectivity index (χ1n) is 7.66. The molecular weight excluding hydrogens is 286 g/mol. The van der Waals surface area contributed by atoms with E-state index in [0.717, 1.165) is 45.3 Å². The summed E-state index contributed by atoms with van der Waals surface area (Å²) in [4.78, 5) is 15.6. The summed E-state index contributed by atoms with van der Waals surface area (Å²) in [6.45, 7) is 3.93. The number of carbonyl (C=O) groups is 1. The zero-order chi connectivity index (χ0) is 14.7. The fraction of sp³-hybridized carbons (Fsp3) is 0.667. The molecule has 2 aliphatic rings. The zero-order valence-electron chi connectivity index (χ0n) is 12.2. The van der Waals surface area contributed by atoms with Crippen LogP contribution in [0.5, 0.6) is 0 Å². The van der Waals surface area contributed by atoms with E-state index in [9.17, 15) is 9.90 Å². The molecule has 1 aromatic heterocycles. The molecule has 0 radical (unpaired) electrons. The summed E-state index contributed by atoms with van der Waals surface area (Å²) in [5.74, 6) is 0. The molecule has 1 aromatic rings. The molecule has 3 N–H and O–H groups in total. The molecule has 0 atom stereocenters. The monoisotopic (exact) mass is 309 g/mol. The van der Waals surface area contributed by atoms with E-state index >= 15 is 0 Å². The summed E-state index contributed by atoms with van der Waals surface area (Å²) >= 11 is 1.84. The summed E-state index contributed by atoms with van der Waals surface area (Å²) in [6.07, 6.45) is 3.76. The molecule has 6 heteroatoms. The summed E-state index contributed by atoms with van der Waals surface area (Å²) in [5, 5.41) is 17.7. The minimum Gasteiger partial charge on any atom is -0.388 e. The predicted molar refractivity (Wildman–Crippen MR) is 83.5 cm³/mol. The zero-order valence-corrected chi connectivity index (χ0v) is 13.0. The maximum atomic E-state index is 11.7. The van der Waals surface area contributed by atoms with Crippen molar-refractivity contribution >= 4 is 17.4 Å². The fourth-order valence-corrected chi connectivity index (χ4v) is 3.78. The van der Waals surface area contributed by atoms with Crippen molar-refractivity contribution in [1.29, 1.82) is 0 Å². The van der Waals surface area contributed by atoms with Crippen LogP contribution in [0, 0.1) is 0 Å². The lowest BCUT2D eigenvalue weighted by molar-refractivity contribution is -0.0290. The van der Waals surface area contributed by atoms with E-state index in [0.29, 0.717) is 13.1 Å². The van der Waals surface area contributed by atoms with Crippen LogP contribution in [0.1, 0.15) is 29.7 Å². The Hall–Kier alpha value is -1.11. The van der Waals surface area contributed by atoms with E-state index in [1.807, 2.05) is 11.3 Å². The van der Waals surface area contributed by atoms with E-state index in [-0.39, 0.29) is 6.03 Å². The molecule has 0 spiro atoms. The Morgan fingerprint density at radius 2 is 2.29 bits per heavy atom. The average molecular weight is 309 g/mol.